The van der Waals surface area contributed by atoms with Gasteiger partial charge in [0.2, 0.25) is 0 Å². The lowest BCUT2D eigenvalue weighted by molar-refractivity contribution is 0.0801. The lowest BCUT2D eigenvalue weighted by Gasteiger charge is -2.14. The van der Waals surface area contributed by atoms with Gasteiger partial charge in [-0.1, -0.05) is 6.07 Å². The minimum Gasteiger partial charge on any atom is -0.373 e. The van der Waals surface area contributed by atoms with E-state index in [0.717, 1.165) is 24.1 Å². The molecule has 6 rings (SSSR count). The highest BCUT2D eigenvalue weighted by Crippen LogP contribution is 2.42. The molecule has 0 spiro atoms. The fourth-order valence-corrected chi connectivity index (χ4v) is 5.18. The fourth-order valence-electron chi connectivity index (χ4n) is 4.31. The summed E-state index contributed by atoms with van der Waals surface area (Å²) in [6.07, 6.45) is 3.44. The third kappa shape index (κ3) is 4.01. The zero-order valence-corrected chi connectivity index (χ0v) is 19.7. The van der Waals surface area contributed by atoms with E-state index in [1.54, 1.807) is 6.07 Å². The number of nitrogens with one attached hydrogen (secondary N) is 3. The number of imidazole rings is 1. The molecule has 0 saturated heterocycles. The number of anilines is 4. The first-order valence-corrected chi connectivity index (χ1v) is 13.1. The van der Waals surface area contributed by atoms with Crippen molar-refractivity contribution in [2.75, 3.05) is 23.5 Å². The molecule has 4 aromatic rings. The van der Waals surface area contributed by atoms with Gasteiger partial charge in [0.25, 0.3) is 0 Å². The van der Waals surface area contributed by atoms with E-state index in [1.807, 2.05) is 35.9 Å². The summed E-state index contributed by atoms with van der Waals surface area (Å²) in [5, 5.41) is 11.2. The van der Waals surface area contributed by atoms with Crippen LogP contribution >= 0.6 is 0 Å². The lowest BCUT2D eigenvalue weighted by Crippen LogP contribution is -2.16. The predicted octanol–water partition coefficient (Wildman–Crippen LogP) is 3.76. The van der Waals surface area contributed by atoms with Crippen LogP contribution in [0.2, 0.25) is 0 Å². The second-order valence-corrected chi connectivity index (χ2v) is 10.9. The molecule has 0 atom stereocenters. The van der Waals surface area contributed by atoms with Gasteiger partial charge in [0.05, 0.1) is 41.7 Å². The van der Waals surface area contributed by atoms with Gasteiger partial charge in [0.1, 0.15) is 17.2 Å². The van der Waals surface area contributed by atoms with Crippen LogP contribution in [0.5, 0.6) is 0 Å². The normalized spacial score (nSPS) is 15.9. The third-order valence-electron chi connectivity index (χ3n) is 6.11. The fraction of sp³-hybridized carbons (Fsp3) is 0.348. The molecule has 11 heteroatoms. The van der Waals surface area contributed by atoms with Crippen molar-refractivity contribution >= 4 is 44.0 Å². The van der Waals surface area contributed by atoms with Crippen molar-refractivity contribution in [3.8, 4) is 0 Å². The van der Waals surface area contributed by atoms with Gasteiger partial charge in [-0.2, -0.15) is 5.10 Å². The van der Waals surface area contributed by atoms with E-state index in [4.69, 9.17) is 4.74 Å². The molecule has 176 valence electrons. The van der Waals surface area contributed by atoms with Crippen molar-refractivity contribution < 1.29 is 13.2 Å². The van der Waals surface area contributed by atoms with Crippen LogP contribution in [0.25, 0.3) is 11.2 Å². The predicted molar refractivity (Wildman–Crippen MR) is 129 cm³/mol. The summed E-state index contributed by atoms with van der Waals surface area (Å²) < 4.78 is 32.6. The topological polar surface area (TPSA) is 127 Å². The minimum atomic E-state index is -3.44. The molecule has 0 radical (unpaired) electrons. The largest absolute Gasteiger partial charge is 0.373 e. The Balaban J connectivity index is 1.39. The van der Waals surface area contributed by atoms with Crippen LogP contribution < -0.4 is 10.6 Å². The van der Waals surface area contributed by atoms with Crippen LogP contribution in [0, 0.1) is 6.92 Å². The summed E-state index contributed by atoms with van der Waals surface area (Å²) in [5.41, 5.74) is 4.45. The van der Waals surface area contributed by atoms with E-state index in [2.05, 4.69) is 30.7 Å². The van der Waals surface area contributed by atoms with Crippen LogP contribution in [0.1, 0.15) is 35.8 Å². The highest BCUT2D eigenvalue weighted by Gasteiger charge is 2.26. The monoisotopic (exact) mass is 479 g/mol. The van der Waals surface area contributed by atoms with Crippen molar-refractivity contribution in [1.82, 2.24) is 24.7 Å². The number of nitrogens with zero attached hydrogens (tertiary/aromatic N) is 4. The maximum atomic E-state index is 12.6. The van der Waals surface area contributed by atoms with Crippen molar-refractivity contribution in [2.45, 2.75) is 43.7 Å². The number of ether oxygens (including phenoxy) is 1. The molecule has 4 heterocycles. The summed E-state index contributed by atoms with van der Waals surface area (Å²) >= 11 is 0. The summed E-state index contributed by atoms with van der Waals surface area (Å²) in [5.74, 6) is 2.40. The second-order valence-electron chi connectivity index (χ2n) is 8.92. The molecule has 0 bridgehead atoms. The number of hydrogen-bond acceptors (Lipinski definition) is 8. The number of hydrogen-bond donors (Lipinski definition) is 3. The molecule has 34 heavy (non-hydrogen) atoms. The average molecular weight is 480 g/mol. The molecular formula is C23H25N7O3S. The molecule has 10 nitrogen and oxygen atoms in total. The molecule has 1 aromatic carbocycles. The molecule has 1 aliphatic carbocycles. The summed E-state index contributed by atoms with van der Waals surface area (Å²) in [4.78, 5) is 12.7. The standard InChI is InChI=1S/C23H25N7O3S/c1-13-24-22-18(26-17-6-5-15(14-3-4-14)9-19(17)34(2,31)32)11-20(28-23(22)25-13)27-21-10-16-12-33-8-7-30(16)29-21/h5-6,9-11,14H,3-4,7-8,12H2,1-2H3,(H3,24,25,26,27,28,29). The quantitative estimate of drug-likeness (QED) is 0.382. The van der Waals surface area contributed by atoms with Gasteiger partial charge < -0.3 is 20.4 Å². The Morgan fingerprint density at radius 3 is 2.71 bits per heavy atom. The minimum absolute atomic E-state index is 0.283. The third-order valence-corrected chi connectivity index (χ3v) is 7.25. The Morgan fingerprint density at radius 2 is 1.94 bits per heavy atom. The molecule has 0 unspecified atom stereocenters. The van der Waals surface area contributed by atoms with Gasteiger partial charge in [0.15, 0.2) is 21.3 Å². The van der Waals surface area contributed by atoms with Gasteiger partial charge >= 0.3 is 0 Å². The molecular weight excluding hydrogens is 454 g/mol. The van der Waals surface area contributed by atoms with Gasteiger partial charge in [0, 0.05) is 18.4 Å². The summed E-state index contributed by atoms with van der Waals surface area (Å²) in [7, 11) is -3.44. The zero-order chi connectivity index (χ0) is 23.4. The Bertz CT molecular complexity index is 1500. The van der Waals surface area contributed by atoms with E-state index in [1.165, 1.54) is 6.26 Å². The van der Waals surface area contributed by atoms with Crippen molar-refractivity contribution in [3.63, 3.8) is 0 Å². The summed E-state index contributed by atoms with van der Waals surface area (Å²) in [6.45, 7) is 3.73. The SMILES string of the molecule is Cc1nc2c(Nc3ccc(C4CC4)cc3S(C)(=O)=O)cc(Nc3cc4n(n3)CCOC4)nc2[nH]1. The van der Waals surface area contributed by atoms with Crippen LogP contribution in [-0.2, 0) is 27.7 Å². The highest BCUT2D eigenvalue weighted by atomic mass is 32.2. The first-order valence-electron chi connectivity index (χ1n) is 11.2. The number of rotatable bonds is 6. The van der Waals surface area contributed by atoms with Gasteiger partial charge in [-0.15, -0.1) is 0 Å². The maximum absolute atomic E-state index is 12.6. The number of aryl methyl sites for hydroxylation is 1. The first-order chi connectivity index (χ1) is 16.3. The zero-order valence-electron chi connectivity index (χ0n) is 18.9. The second kappa shape index (κ2) is 7.81. The molecule has 3 N–H and O–H groups in total. The Kier molecular flexibility index (Phi) is 4.85. The molecule has 1 aliphatic heterocycles. The number of sulfone groups is 1. The first kappa shape index (κ1) is 21.1. The molecule has 0 amide bonds. The van der Waals surface area contributed by atoms with Crippen molar-refractivity contribution in [3.05, 3.63) is 47.4 Å². The molecule has 3 aromatic heterocycles. The van der Waals surface area contributed by atoms with Crippen molar-refractivity contribution in [1.29, 1.82) is 0 Å². The number of aromatic nitrogens is 5. The van der Waals surface area contributed by atoms with Gasteiger partial charge in [-0.05, 0) is 43.4 Å². The van der Waals surface area contributed by atoms with Crippen LogP contribution in [0.3, 0.4) is 0 Å². The summed E-state index contributed by atoms with van der Waals surface area (Å²) in [6, 6.07) is 9.39. The number of H-pyrrole nitrogens is 1. The maximum Gasteiger partial charge on any atom is 0.177 e. The Hall–Kier alpha value is -3.44. The number of pyridine rings is 1. The van der Waals surface area contributed by atoms with E-state index < -0.39 is 9.84 Å². The molecule has 1 saturated carbocycles. The van der Waals surface area contributed by atoms with E-state index >= 15 is 0 Å². The van der Waals surface area contributed by atoms with Gasteiger partial charge in [-0.25, -0.2) is 18.4 Å². The van der Waals surface area contributed by atoms with Gasteiger partial charge in [-0.3, -0.25) is 4.68 Å². The van der Waals surface area contributed by atoms with E-state index in [9.17, 15) is 8.42 Å². The van der Waals surface area contributed by atoms with Crippen LogP contribution in [-0.4, -0.2) is 46.0 Å². The number of benzene rings is 1. The number of aromatic amines is 1. The van der Waals surface area contributed by atoms with Crippen LogP contribution in [0.15, 0.2) is 35.2 Å². The Morgan fingerprint density at radius 1 is 1.09 bits per heavy atom. The lowest BCUT2D eigenvalue weighted by atomic mass is 10.1. The van der Waals surface area contributed by atoms with Crippen molar-refractivity contribution in [2.24, 2.45) is 0 Å². The number of fused-ring (bicyclic) bond motifs is 2. The smallest absolute Gasteiger partial charge is 0.177 e. The van der Waals surface area contributed by atoms with E-state index in [0.29, 0.717) is 65.7 Å². The highest BCUT2D eigenvalue weighted by molar-refractivity contribution is 7.90. The van der Waals surface area contributed by atoms with Crippen LogP contribution in [0.4, 0.5) is 23.0 Å². The van der Waals surface area contributed by atoms with E-state index in [-0.39, 0.29) is 4.90 Å². The average Bonchev–Trinajstić information content (AvgIpc) is 3.44. The molecule has 1 fully saturated rings. The Labute approximate surface area is 196 Å². The molecule has 2 aliphatic rings.